The minimum atomic E-state index is -0.944. The van der Waals surface area contributed by atoms with Gasteiger partial charge in [0.1, 0.15) is 0 Å². The van der Waals surface area contributed by atoms with Gasteiger partial charge in [-0.3, -0.25) is 4.79 Å². The summed E-state index contributed by atoms with van der Waals surface area (Å²) >= 11 is 0. The van der Waals surface area contributed by atoms with Crippen molar-refractivity contribution in [1.29, 1.82) is 0 Å². The molecule has 7 heteroatoms. The SMILES string of the molecule is COC(=O)NC1CC1(Cc1cnc[nH]1)C(=O)O. The number of methoxy groups -OCH3 is 1. The molecule has 1 heterocycles. The zero-order valence-electron chi connectivity index (χ0n) is 9.27. The summed E-state index contributed by atoms with van der Waals surface area (Å²) in [7, 11) is 1.25. The molecule has 2 unspecified atom stereocenters. The van der Waals surface area contributed by atoms with Crippen molar-refractivity contribution >= 4 is 12.1 Å². The molecule has 2 rings (SSSR count). The van der Waals surface area contributed by atoms with Crippen molar-refractivity contribution in [3.05, 3.63) is 18.2 Å². The van der Waals surface area contributed by atoms with E-state index < -0.39 is 23.5 Å². The number of H-pyrrole nitrogens is 1. The van der Waals surface area contributed by atoms with E-state index in [1.807, 2.05) is 0 Å². The van der Waals surface area contributed by atoms with Crippen LogP contribution in [0.25, 0.3) is 0 Å². The quantitative estimate of drug-likeness (QED) is 0.693. The number of rotatable bonds is 4. The van der Waals surface area contributed by atoms with Crippen LogP contribution in [0.3, 0.4) is 0 Å². The third-order valence-corrected chi connectivity index (χ3v) is 3.04. The fraction of sp³-hybridized carbons (Fsp3) is 0.500. The van der Waals surface area contributed by atoms with Gasteiger partial charge in [-0.25, -0.2) is 9.78 Å². The van der Waals surface area contributed by atoms with Crippen molar-refractivity contribution in [1.82, 2.24) is 15.3 Å². The Kier molecular flexibility index (Phi) is 2.74. The summed E-state index contributed by atoms with van der Waals surface area (Å²) in [6, 6.07) is -0.393. The van der Waals surface area contributed by atoms with Crippen LogP contribution in [0.4, 0.5) is 4.79 Å². The Morgan fingerprint density at radius 2 is 2.53 bits per heavy atom. The van der Waals surface area contributed by atoms with Crippen LogP contribution >= 0.6 is 0 Å². The number of aromatic amines is 1. The third kappa shape index (κ3) is 2.08. The van der Waals surface area contributed by atoms with E-state index in [9.17, 15) is 14.7 Å². The zero-order valence-corrected chi connectivity index (χ0v) is 9.27. The number of carbonyl (C=O) groups is 2. The van der Waals surface area contributed by atoms with Gasteiger partial charge in [-0.15, -0.1) is 0 Å². The Labute approximate surface area is 97.2 Å². The van der Waals surface area contributed by atoms with Crippen LogP contribution in [0.5, 0.6) is 0 Å². The maximum Gasteiger partial charge on any atom is 0.407 e. The third-order valence-electron chi connectivity index (χ3n) is 3.04. The Morgan fingerprint density at radius 3 is 3.06 bits per heavy atom. The van der Waals surface area contributed by atoms with Crippen LogP contribution in [-0.4, -0.2) is 40.3 Å². The lowest BCUT2D eigenvalue weighted by atomic mass is 10.00. The second-order valence-corrected chi connectivity index (χ2v) is 4.11. The van der Waals surface area contributed by atoms with Gasteiger partial charge in [0.15, 0.2) is 0 Å². The first kappa shape index (κ1) is 11.4. The van der Waals surface area contributed by atoms with Crippen molar-refractivity contribution in [2.75, 3.05) is 7.11 Å². The summed E-state index contributed by atoms with van der Waals surface area (Å²) in [6.07, 6.45) is 3.18. The van der Waals surface area contributed by atoms with Crippen LogP contribution in [0.2, 0.25) is 0 Å². The van der Waals surface area contributed by atoms with Crippen molar-refractivity contribution in [3.63, 3.8) is 0 Å². The molecule has 0 radical (unpaired) electrons. The number of amides is 1. The number of aromatic nitrogens is 2. The van der Waals surface area contributed by atoms with E-state index in [0.717, 1.165) is 5.69 Å². The second kappa shape index (κ2) is 4.08. The number of carboxylic acids is 1. The topological polar surface area (TPSA) is 104 Å². The molecular weight excluding hydrogens is 226 g/mol. The Hall–Kier alpha value is -2.05. The van der Waals surface area contributed by atoms with Gasteiger partial charge in [0.25, 0.3) is 0 Å². The number of nitrogens with one attached hydrogen (secondary N) is 2. The van der Waals surface area contributed by atoms with E-state index in [1.165, 1.54) is 13.4 Å². The standard InChI is InChI=1S/C10H13N3O4/c1-17-9(16)13-7-3-10(7,8(14)15)2-6-4-11-5-12-6/h4-5,7H,2-3H2,1H3,(H,11,12)(H,13,16)(H,14,15). The molecule has 92 valence electrons. The number of hydrogen-bond donors (Lipinski definition) is 3. The number of alkyl carbamates (subject to hydrolysis) is 1. The van der Waals surface area contributed by atoms with Gasteiger partial charge in [-0.2, -0.15) is 0 Å². The highest BCUT2D eigenvalue weighted by Crippen LogP contribution is 2.48. The van der Waals surface area contributed by atoms with E-state index in [1.54, 1.807) is 6.20 Å². The lowest BCUT2D eigenvalue weighted by Gasteiger charge is -2.11. The number of carbonyl (C=O) groups excluding carboxylic acids is 1. The van der Waals surface area contributed by atoms with Gasteiger partial charge in [-0.1, -0.05) is 0 Å². The smallest absolute Gasteiger partial charge is 0.407 e. The van der Waals surface area contributed by atoms with Gasteiger partial charge in [-0.05, 0) is 6.42 Å². The largest absolute Gasteiger partial charge is 0.481 e. The van der Waals surface area contributed by atoms with Crippen LogP contribution in [0, 0.1) is 5.41 Å². The summed E-state index contributed by atoms with van der Waals surface area (Å²) in [5.41, 5.74) is -0.206. The number of imidazole rings is 1. The monoisotopic (exact) mass is 239 g/mol. The lowest BCUT2D eigenvalue weighted by molar-refractivity contribution is -0.143. The maximum atomic E-state index is 11.3. The van der Waals surface area contributed by atoms with E-state index in [4.69, 9.17) is 0 Å². The summed E-state index contributed by atoms with van der Waals surface area (Å²) < 4.78 is 4.45. The summed E-state index contributed by atoms with van der Waals surface area (Å²) in [5.74, 6) is -0.923. The van der Waals surface area contributed by atoms with Gasteiger partial charge >= 0.3 is 12.1 Å². The molecule has 0 bridgehead atoms. The fourth-order valence-corrected chi connectivity index (χ4v) is 1.92. The van der Waals surface area contributed by atoms with E-state index in [2.05, 4.69) is 20.0 Å². The number of hydrogen-bond acceptors (Lipinski definition) is 4. The summed E-state index contributed by atoms with van der Waals surface area (Å²) in [4.78, 5) is 29.0. The molecule has 1 saturated carbocycles. The molecule has 7 nitrogen and oxygen atoms in total. The molecule has 3 N–H and O–H groups in total. The number of aliphatic carboxylic acids is 1. The highest BCUT2D eigenvalue weighted by Gasteiger charge is 2.61. The van der Waals surface area contributed by atoms with E-state index in [-0.39, 0.29) is 0 Å². The first-order valence-electron chi connectivity index (χ1n) is 5.13. The second-order valence-electron chi connectivity index (χ2n) is 4.11. The minimum Gasteiger partial charge on any atom is -0.481 e. The fourth-order valence-electron chi connectivity index (χ4n) is 1.92. The van der Waals surface area contributed by atoms with Crippen LogP contribution in [0.1, 0.15) is 12.1 Å². The van der Waals surface area contributed by atoms with Gasteiger partial charge < -0.3 is 20.1 Å². The molecule has 1 aliphatic carbocycles. The normalized spacial score (nSPS) is 26.3. The molecule has 0 aromatic carbocycles. The van der Waals surface area contributed by atoms with Crippen molar-refractivity contribution < 1.29 is 19.4 Å². The van der Waals surface area contributed by atoms with Crippen LogP contribution in [0.15, 0.2) is 12.5 Å². The maximum absolute atomic E-state index is 11.3. The molecule has 1 amide bonds. The highest BCUT2D eigenvalue weighted by atomic mass is 16.5. The minimum absolute atomic E-state index is 0.316. The molecule has 0 aliphatic heterocycles. The molecule has 17 heavy (non-hydrogen) atoms. The van der Waals surface area contributed by atoms with Crippen LogP contribution < -0.4 is 5.32 Å². The van der Waals surface area contributed by atoms with Gasteiger partial charge in [0.05, 0.1) is 18.9 Å². The van der Waals surface area contributed by atoms with Crippen molar-refractivity contribution in [2.45, 2.75) is 18.9 Å². The zero-order chi connectivity index (χ0) is 12.5. The van der Waals surface area contributed by atoms with E-state index >= 15 is 0 Å². The predicted molar refractivity (Wildman–Crippen MR) is 56.3 cm³/mol. The number of nitrogens with zero attached hydrogens (tertiary/aromatic N) is 1. The Bertz CT molecular complexity index is 431. The molecular formula is C10H13N3O4. The summed E-state index contributed by atoms with van der Waals surface area (Å²) in [5, 5.41) is 11.7. The van der Waals surface area contributed by atoms with Gasteiger partial charge in [0.2, 0.25) is 0 Å². The first-order chi connectivity index (χ1) is 8.08. The average Bonchev–Trinajstić information content (AvgIpc) is 2.74. The molecule has 0 saturated heterocycles. The first-order valence-corrected chi connectivity index (χ1v) is 5.13. The molecule has 1 aliphatic rings. The number of ether oxygens (including phenoxy) is 1. The van der Waals surface area contributed by atoms with Gasteiger partial charge in [0, 0.05) is 24.4 Å². The van der Waals surface area contributed by atoms with E-state index in [0.29, 0.717) is 12.8 Å². The molecule has 2 atom stereocenters. The van der Waals surface area contributed by atoms with Crippen molar-refractivity contribution in [2.24, 2.45) is 5.41 Å². The van der Waals surface area contributed by atoms with Crippen LogP contribution in [-0.2, 0) is 16.0 Å². The number of carboxylic acid groups (broad SMARTS) is 1. The highest BCUT2D eigenvalue weighted by molar-refractivity contribution is 5.82. The molecule has 1 fully saturated rings. The molecule has 1 aromatic rings. The lowest BCUT2D eigenvalue weighted by Crippen LogP contribution is -2.34. The Morgan fingerprint density at radius 1 is 1.76 bits per heavy atom. The Balaban J connectivity index is 2.04. The molecule has 1 aromatic heterocycles. The molecule has 0 spiro atoms. The summed E-state index contributed by atoms with van der Waals surface area (Å²) in [6.45, 7) is 0. The van der Waals surface area contributed by atoms with Crippen molar-refractivity contribution in [3.8, 4) is 0 Å². The predicted octanol–water partition coefficient (Wildman–Crippen LogP) is 0.151. The average molecular weight is 239 g/mol.